The molecule has 5 aromatic rings. The molecule has 3 aromatic carbocycles. The number of aliphatic carboxylic acids is 1. The van der Waals surface area contributed by atoms with Crippen LogP contribution in [0.1, 0.15) is 0 Å². The van der Waals surface area contributed by atoms with E-state index < -0.39 is 22.0 Å². The van der Waals surface area contributed by atoms with Crippen LogP contribution in [0.25, 0.3) is 11.0 Å². The molecule has 0 amide bonds. The Kier molecular flexibility index (Phi) is 8.85. The molecular weight excluding hydrogens is 587 g/mol. The van der Waals surface area contributed by atoms with Crippen LogP contribution in [0.2, 0.25) is 0 Å². The van der Waals surface area contributed by atoms with E-state index in [1.165, 1.54) is 6.26 Å². The summed E-state index contributed by atoms with van der Waals surface area (Å²) >= 11 is 0. The Hall–Kier alpha value is -5.18. The second-order valence-corrected chi connectivity index (χ2v) is 11.2. The molecule has 0 radical (unpaired) electrons. The molecule has 15 heteroatoms. The minimum Gasteiger partial charge on any atom is -0.475 e. The lowest BCUT2D eigenvalue weighted by atomic mass is 10.2. The van der Waals surface area contributed by atoms with Gasteiger partial charge in [-0.1, -0.05) is 18.2 Å². The highest BCUT2D eigenvalue weighted by atomic mass is 32.2. The molecule has 2 heterocycles. The number of sulfone groups is 1. The van der Waals surface area contributed by atoms with E-state index in [0.717, 1.165) is 28.4 Å². The highest BCUT2D eigenvalue weighted by Crippen LogP contribution is 2.29. The van der Waals surface area contributed by atoms with Gasteiger partial charge in [0.25, 0.3) is 0 Å². The average Bonchev–Trinajstić information content (AvgIpc) is 3.27. The van der Waals surface area contributed by atoms with Crippen LogP contribution < -0.4 is 15.5 Å². The quantitative estimate of drug-likeness (QED) is 0.211. The second kappa shape index (κ2) is 12.4. The van der Waals surface area contributed by atoms with Gasteiger partial charge in [-0.05, 0) is 60.7 Å². The number of carboxylic acids is 1. The summed E-state index contributed by atoms with van der Waals surface area (Å²) in [5, 5.41) is 13.6. The number of nitrogens with one attached hydrogen (secondary N) is 2. The molecule has 3 N–H and O–H groups in total. The third-order valence-corrected chi connectivity index (χ3v) is 7.18. The van der Waals surface area contributed by atoms with E-state index in [-0.39, 0.29) is 4.90 Å². The van der Waals surface area contributed by atoms with Crippen LogP contribution in [0.15, 0.2) is 90.0 Å². The van der Waals surface area contributed by atoms with E-state index >= 15 is 0 Å². The summed E-state index contributed by atoms with van der Waals surface area (Å²) < 4.78 is 57.1. The molecule has 224 valence electrons. The molecule has 0 aliphatic heterocycles. The minimum atomic E-state index is -5.08. The average molecular weight is 614 g/mol. The van der Waals surface area contributed by atoms with Crippen LogP contribution in [0.3, 0.4) is 0 Å². The van der Waals surface area contributed by atoms with Gasteiger partial charge in [0.05, 0.1) is 15.9 Å². The summed E-state index contributed by atoms with van der Waals surface area (Å²) in [5.74, 6) is -0.906. The van der Waals surface area contributed by atoms with E-state index in [2.05, 4.69) is 20.6 Å². The maximum absolute atomic E-state index is 11.7. The number of carbonyl (C=O) groups is 1. The Morgan fingerprint density at radius 2 is 1.56 bits per heavy atom. The number of alkyl halides is 3. The normalized spacial score (nSPS) is 11.4. The molecule has 0 aliphatic carbocycles. The van der Waals surface area contributed by atoms with Gasteiger partial charge in [0.2, 0.25) is 11.9 Å². The van der Waals surface area contributed by atoms with Gasteiger partial charge in [-0.25, -0.2) is 23.2 Å². The van der Waals surface area contributed by atoms with Gasteiger partial charge in [0, 0.05) is 43.6 Å². The van der Waals surface area contributed by atoms with Gasteiger partial charge >= 0.3 is 12.1 Å². The van der Waals surface area contributed by atoms with Crippen LogP contribution in [0.4, 0.5) is 47.9 Å². The van der Waals surface area contributed by atoms with Crippen molar-refractivity contribution in [2.75, 3.05) is 28.8 Å². The zero-order chi connectivity index (χ0) is 31.4. The molecule has 11 nitrogen and oxygen atoms in total. The predicted octanol–water partition coefficient (Wildman–Crippen LogP) is 5.66. The van der Waals surface area contributed by atoms with E-state index in [1.54, 1.807) is 30.5 Å². The predicted molar refractivity (Wildman–Crippen MR) is 157 cm³/mol. The molecule has 0 atom stereocenters. The number of imidazole rings is 1. The molecular formula is C28H26F3N7O4S. The largest absolute Gasteiger partial charge is 0.490 e. The molecule has 43 heavy (non-hydrogen) atoms. The van der Waals surface area contributed by atoms with Crippen LogP contribution in [0, 0.1) is 0 Å². The van der Waals surface area contributed by atoms with Gasteiger partial charge in [0.15, 0.2) is 9.84 Å². The van der Waals surface area contributed by atoms with E-state index in [0.29, 0.717) is 17.5 Å². The molecule has 0 fully saturated rings. The molecule has 2 aromatic heterocycles. The number of aromatic nitrogens is 4. The molecule has 0 aliphatic rings. The first kappa shape index (κ1) is 30.8. The standard InChI is InChI=1S/C26H25N7O2S.C2HF3O2/c1-32(24-15-16-27-25(31-24)28-19-9-12-21(13-10-19)36(3,34)35)20-11-14-23-22(17-20)30-26(33(23)2)29-18-7-5-4-6-8-18;3-2(4,5)1(6)7/h4-17H,1-3H3,(H,29,30)(H,27,28,31);(H,6,7). The monoisotopic (exact) mass is 613 g/mol. The number of aryl methyl sites for hydroxylation is 1. The number of hydrogen-bond acceptors (Lipinski definition) is 9. The number of nitrogens with zero attached hydrogens (tertiary/aromatic N) is 5. The lowest BCUT2D eigenvalue weighted by Gasteiger charge is -2.19. The number of hydrogen-bond donors (Lipinski definition) is 3. The molecule has 0 bridgehead atoms. The third kappa shape index (κ3) is 7.77. The summed E-state index contributed by atoms with van der Waals surface area (Å²) in [6.45, 7) is 0. The van der Waals surface area contributed by atoms with Crippen molar-refractivity contribution in [3.05, 3.63) is 85.1 Å². The minimum absolute atomic E-state index is 0.259. The van der Waals surface area contributed by atoms with Gasteiger partial charge in [-0.15, -0.1) is 0 Å². The van der Waals surface area contributed by atoms with Crippen molar-refractivity contribution in [2.24, 2.45) is 7.05 Å². The van der Waals surface area contributed by atoms with Crippen molar-refractivity contribution in [3.8, 4) is 0 Å². The van der Waals surface area contributed by atoms with Crippen molar-refractivity contribution in [1.29, 1.82) is 0 Å². The Morgan fingerprint density at radius 3 is 2.16 bits per heavy atom. The SMILES string of the molecule is CN(c1ccc2c(c1)nc(Nc1ccccc1)n2C)c1ccnc(Nc2ccc(S(C)(=O)=O)cc2)n1.O=C(O)C(F)(F)F. The molecule has 0 unspecified atom stereocenters. The second-order valence-electron chi connectivity index (χ2n) is 9.18. The number of para-hydroxylation sites is 1. The van der Waals surface area contributed by atoms with Crippen molar-refractivity contribution >= 4 is 61.6 Å². The zero-order valence-electron chi connectivity index (χ0n) is 23.0. The Bertz CT molecular complexity index is 1850. The van der Waals surface area contributed by atoms with Gasteiger partial charge < -0.3 is 25.2 Å². The topological polar surface area (TPSA) is 142 Å². The fourth-order valence-electron chi connectivity index (χ4n) is 3.80. The molecule has 0 spiro atoms. The zero-order valence-corrected chi connectivity index (χ0v) is 23.8. The Labute approximate surface area is 244 Å². The summed E-state index contributed by atoms with van der Waals surface area (Å²) in [5.41, 5.74) is 4.46. The lowest BCUT2D eigenvalue weighted by molar-refractivity contribution is -0.192. The highest BCUT2D eigenvalue weighted by molar-refractivity contribution is 7.90. The van der Waals surface area contributed by atoms with Gasteiger partial charge in [0.1, 0.15) is 5.82 Å². The van der Waals surface area contributed by atoms with Crippen molar-refractivity contribution in [2.45, 2.75) is 11.1 Å². The van der Waals surface area contributed by atoms with Crippen LogP contribution in [0.5, 0.6) is 0 Å². The van der Waals surface area contributed by atoms with Crippen LogP contribution >= 0.6 is 0 Å². The number of anilines is 6. The summed E-state index contributed by atoms with van der Waals surface area (Å²) in [7, 11) is 0.662. The first-order valence-corrected chi connectivity index (χ1v) is 14.3. The number of fused-ring (bicyclic) bond motifs is 1. The van der Waals surface area contributed by atoms with Crippen LogP contribution in [-0.4, -0.2) is 58.5 Å². The lowest BCUT2D eigenvalue weighted by Crippen LogP contribution is -2.21. The van der Waals surface area contributed by atoms with E-state index in [1.807, 2.05) is 78.2 Å². The fourth-order valence-corrected chi connectivity index (χ4v) is 4.43. The Morgan fingerprint density at radius 1 is 0.930 bits per heavy atom. The first-order valence-electron chi connectivity index (χ1n) is 12.4. The van der Waals surface area contributed by atoms with Crippen molar-refractivity contribution in [3.63, 3.8) is 0 Å². The number of rotatable bonds is 7. The Balaban J connectivity index is 0.000000541. The smallest absolute Gasteiger partial charge is 0.475 e. The maximum Gasteiger partial charge on any atom is 0.490 e. The summed E-state index contributed by atoms with van der Waals surface area (Å²) in [6, 6.07) is 24.3. The van der Waals surface area contributed by atoms with Gasteiger partial charge in [-0.3, -0.25) is 0 Å². The summed E-state index contributed by atoms with van der Waals surface area (Å²) in [4.78, 5) is 24.8. The molecule has 0 saturated heterocycles. The molecule has 0 saturated carbocycles. The fraction of sp³-hybridized carbons (Fsp3) is 0.143. The first-order chi connectivity index (χ1) is 20.2. The number of benzene rings is 3. The maximum atomic E-state index is 11.7. The van der Waals surface area contributed by atoms with Crippen LogP contribution in [-0.2, 0) is 21.7 Å². The highest BCUT2D eigenvalue weighted by Gasteiger charge is 2.38. The van der Waals surface area contributed by atoms with Crippen molar-refractivity contribution in [1.82, 2.24) is 19.5 Å². The van der Waals surface area contributed by atoms with E-state index in [4.69, 9.17) is 14.9 Å². The number of carboxylic acid groups (broad SMARTS) is 1. The molecule has 5 rings (SSSR count). The van der Waals surface area contributed by atoms with Crippen molar-refractivity contribution < 1.29 is 31.5 Å². The number of halogens is 3. The van der Waals surface area contributed by atoms with Gasteiger partial charge in [-0.2, -0.15) is 18.2 Å². The van der Waals surface area contributed by atoms with E-state index in [9.17, 15) is 21.6 Å². The third-order valence-electron chi connectivity index (χ3n) is 6.05. The summed E-state index contributed by atoms with van der Waals surface area (Å²) in [6.07, 6.45) is -2.23.